The van der Waals surface area contributed by atoms with E-state index in [9.17, 15) is 4.79 Å². The summed E-state index contributed by atoms with van der Waals surface area (Å²) >= 11 is 0. The van der Waals surface area contributed by atoms with Gasteiger partial charge in [0, 0.05) is 33.3 Å². The molecule has 0 bridgehead atoms. The van der Waals surface area contributed by atoms with E-state index in [1.165, 1.54) is 0 Å². The molecule has 0 saturated heterocycles. The molecule has 2 heterocycles. The van der Waals surface area contributed by atoms with Gasteiger partial charge in [0.2, 0.25) is 5.91 Å². The van der Waals surface area contributed by atoms with Crippen molar-refractivity contribution >= 4 is 33.3 Å². The van der Waals surface area contributed by atoms with E-state index in [2.05, 4.69) is 11.1 Å². The molecule has 3 aromatic rings. The largest absolute Gasteiger partial charge is 0.536 e. The fraction of sp³-hybridized carbons (Fsp3) is 0.300. The van der Waals surface area contributed by atoms with E-state index < -0.39 is 5.41 Å². The first kappa shape index (κ1) is 18.6. The molecule has 5 nitrogen and oxygen atoms in total. The summed E-state index contributed by atoms with van der Waals surface area (Å²) in [6.45, 7) is 3.92. The first-order valence-electron chi connectivity index (χ1n) is 8.08. The smallest absolute Gasteiger partial charge is 0.236 e. The van der Waals surface area contributed by atoms with Crippen LogP contribution in [-0.4, -0.2) is 32.2 Å². The summed E-state index contributed by atoms with van der Waals surface area (Å²) in [6.07, 6.45) is 1.77. The van der Waals surface area contributed by atoms with Crippen LogP contribution in [0.3, 0.4) is 0 Å². The van der Waals surface area contributed by atoms with E-state index in [1.807, 2.05) is 32.0 Å². The Morgan fingerprint density at radius 3 is 2.58 bits per heavy atom. The molecule has 0 N–H and O–H groups in total. The molecule has 1 aliphatic rings. The molecule has 0 saturated carbocycles. The number of fused-ring (bicyclic) bond motifs is 5. The van der Waals surface area contributed by atoms with Crippen molar-refractivity contribution < 1.29 is 34.4 Å². The van der Waals surface area contributed by atoms with Crippen LogP contribution in [0.15, 0.2) is 24.4 Å². The number of hydrogen-bond donors (Lipinski definition) is 0. The van der Waals surface area contributed by atoms with Crippen LogP contribution in [0.25, 0.3) is 21.7 Å². The van der Waals surface area contributed by atoms with Crippen LogP contribution in [0.4, 0.5) is 5.69 Å². The normalized spacial score (nSPS) is 15.1. The van der Waals surface area contributed by atoms with Crippen molar-refractivity contribution in [3.05, 3.63) is 36.0 Å². The summed E-state index contributed by atoms with van der Waals surface area (Å²) < 4.78 is 10.8. The van der Waals surface area contributed by atoms with Gasteiger partial charge in [-0.15, -0.1) is 10.8 Å². The molecule has 6 heteroatoms. The number of hydrogen-bond acceptors (Lipinski definition) is 4. The Morgan fingerprint density at radius 1 is 1.19 bits per heavy atom. The third-order valence-electron chi connectivity index (χ3n) is 5.05. The van der Waals surface area contributed by atoms with Crippen LogP contribution in [0.2, 0.25) is 0 Å². The minimum Gasteiger partial charge on any atom is -0.536 e. The minimum atomic E-state index is -0.588. The van der Waals surface area contributed by atoms with Gasteiger partial charge in [-0.05, 0) is 30.3 Å². The predicted octanol–water partition coefficient (Wildman–Crippen LogP) is 3.46. The van der Waals surface area contributed by atoms with E-state index in [0.29, 0.717) is 11.5 Å². The summed E-state index contributed by atoms with van der Waals surface area (Å²) in [5.74, 6) is 1.25. The van der Waals surface area contributed by atoms with Gasteiger partial charge in [-0.25, -0.2) is 0 Å². The van der Waals surface area contributed by atoms with E-state index in [1.54, 1.807) is 32.4 Å². The van der Waals surface area contributed by atoms with Gasteiger partial charge in [-0.3, -0.25) is 4.79 Å². The van der Waals surface area contributed by atoms with Crippen molar-refractivity contribution in [1.82, 2.24) is 4.98 Å². The Labute approximate surface area is 165 Å². The molecule has 0 spiro atoms. The zero-order valence-corrected chi connectivity index (χ0v) is 17.7. The SMILES string of the molecule is COc1[c-]c2c(ccc3c4c(cnc32)N(C)C(=O)C4(C)C)cc1OC.[Ir]. The minimum absolute atomic E-state index is 0. The maximum Gasteiger partial charge on any atom is 0.236 e. The number of carbonyl (C=O) groups is 1. The molecule has 1 aromatic heterocycles. The summed E-state index contributed by atoms with van der Waals surface area (Å²) in [6, 6.07) is 9.23. The topological polar surface area (TPSA) is 51.7 Å². The van der Waals surface area contributed by atoms with Gasteiger partial charge >= 0.3 is 0 Å². The van der Waals surface area contributed by atoms with E-state index >= 15 is 0 Å². The Hall–Kier alpha value is -2.17. The van der Waals surface area contributed by atoms with Crippen LogP contribution >= 0.6 is 0 Å². The molecule has 0 fully saturated rings. The molecule has 0 unspecified atom stereocenters. The molecule has 1 aliphatic heterocycles. The van der Waals surface area contributed by atoms with Crippen molar-refractivity contribution in [2.45, 2.75) is 19.3 Å². The van der Waals surface area contributed by atoms with Crippen LogP contribution in [0.1, 0.15) is 19.4 Å². The third-order valence-corrected chi connectivity index (χ3v) is 5.05. The van der Waals surface area contributed by atoms with Crippen molar-refractivity contribution in [3.8, 4) is 11.5 Å². The summed E-state index contributed by atoms with van der Waals surface area (Å²) in [7, 11) is 4.99. The molecular formula is C20H19IrN2O3-. The number of ether oxygens (including phenoxy) is 2. The van der Waals surface area contributed by atoms with Gasteiger partial charge in [0.25, 0.3) is 0 Å². The quantitative estimate of drug-likeness (QED) is 0.379. The maximum absolute atomic E-state index is 12.6. The van der Waals surface area contributed by atoms with Crippen LogP contribution < -0.4 is 14.4 Å². The van der Waals surface area contributed by atoms with Gasteiger partial charge in [0.1, 0.15) is 0 Å². The number of likely N-dealkylation sites (N-methyl/N-ethyl adjacent to an activating group) is 1. The van der Waals surface area contributed by atoms with Crippen LogP contribution in [0, 0.1) is 6.07 Å². The standard InChI is InChI=1S/C20H19N2O3.Ir/c1-20(2)17-12-7-6-11-8-15(24-4)16(25-5)9-13(11)18(12)21-10-14(17)22(3)19(20)23;/h6-8,10H,1-5H3;/q-1;. The molecular weight excluding hydrogens is 508 g/mol. The molecule has 0 atom stereocenters. The Balaban J connectivity index is 0.00000196. The van der Waals surface area contributed by atoms with Gasteiger partial charge in [0.15, 0.2) is 0 Å². The molecule has 26 heavy (non-hydrogen) atoms. The first-order chi connectivity index (χ1) is 11.9. The summed E-state index contributed by atoms with van der Waals surface area (Å²) in [5.41, 5.74) is 2.10. The number of aromatic nitrogens is 1. The second kappa shape index (κ2) is 6.22. The van der Waals surface area contributed by atoms with Crippen LogP contribution in [-0.2, 0) is 30.3 Å². The second-order valence-electron chi connectivity index (χ2n) is 6.80. The number of methoxy groups -OCH3 is 2. The number of pyridine rings is 1. The monoisotopic (exact) mass is 528 g/mol. The molecule has 137 valence electrons. The maximum atomic E-state index is 12.6. The Kier molecular flexibility index (Phi) is 4.45. The fourth-order valence-corrected chi connectivity index (χ4v) is 3.75. The number of rotatable bonds is 2. The average Bonchev–Trinajstić information content (AvgIpc) is 2.80. The number of carbonyl (C=O) groups excluding carboxylic acids is 1. The summed E-state index contributed by atoms with van der Waals surface area (Å²) in [4.78, 5) is 19.0. The number of amides is 1. The second-order valence-corrected chi connectivity index (χ2v) is 6.80. The van der Waals surface area contributed by atoms with Crippen molar-refractivity contribution in [3.63, 3.8) is 0 Å². The summed E-state index contributed by atoms with van der Waals surface area (Å²) in [5, 5.41) is 2.79. The van der Waals surface area contributed by atoms with Gasteiger partial charge in [0.05, 0.1) is 36.8 Å². The van der Waals surface area contributed by atoms with Gasteiger partial charge < -0.3 is 19.4 Å². The number of nitrogens with zero attached hydrogens (tertiary/aromatic N) is 2. The van der Waals surface area contributed by atoms with E-state index in [0.717, 1.165) is 32.9 Å². The molecule has 0 aliphatic carbocycles. The fourth-order valence-electron chi connectivity index (χ4n) is 3.75. The van der Waals surface area contributed by atoms with Crippen LogP contribution in [0.5, 0.6) is 11.5 Å². The van der Waals surface area contributed by atoms with Gasteiger partial charge in [-0.1, -0.05) is 24.3 Å². The molecule has 2 aromatic carbocycles. The molecule has 4 rings (SSSR count). The number of benzene rings is 2. The predicted molar refractivity (Wildman–Crippen MR) is 97.6 cm³/mol. The Bertz CT molecular complexity index is 1050. The zero-order chi connectivity index (χ0) is 17.9. The first-order valence-corrected chi connectivity index (χ1v) is 8.08. The zero-order valence-electron chi connectivity index (χ0n) is 15.3. The Morgan fingerprint density at radius 2 is 1.92 bits per heavy atom. The van der Waals surface area contributed by atoms with Crippen molar-refractivity contribution in [2.75, 3.05) is 26.2 Å². The van der Waals surface area contributed by atoms with Gasteiger partial charge in [-0.2, -0.15) is 0 Å². The molecule has 1 radical (unpaired) electrons. The van der Waals surface area contributed by atoms with E-state index in [4.69, 9.17) is 9.47 Å². The van der Waals surface area contributed by atoms with Crippen molar-refractivity contribution in [1.29, 1.82) is 0 Å². The van der Waals surface area contributed by atoms with Crippen molar-refractivity contribution in [2.24, 2.45) is 0 Å². The molecule has 1 amide bonds. The number of anilines is 1. The third kappa shape index (κ3) is 2.32. The van der Waals surface area contributed by atoms with E-state index in [-0.39, 0.29) is 26.0 Å². The average molecular weight is 528 g/mol.